The third-order valence-electron chi connectivity index (χ3n) is 8.38. The number of allylic oxidation sites excluding steroid dienone is 8. The lowest BCUT2D eigenvalue weighted by Crippen LogP contribution is -2.34. The molecule has 0 amide bonds. The quantitative estimate of drug-likeness (QED) is 0.0509. The molecule has 5 heteroatoms. The molecular formula is C42H78O5. The van der Waals surface area contributed by atoms with Crippen LogP contribution in [0.15, 0.2) is 48.6 Å². The first-order valence-electron chi connectivity index (χ1n) is 19.9. The van der Waals surface area contributed by atoms with Gasteiger partial charge in [-0.05, 0) is 77.0 Å². The monoisotopic (exact) mass is 663 g/mol. The van der Waals surface area contributed by atoms with Crippen LogP contribution in [-0.2, 0) is 14.2 Å². The van der Waals surface area contributed by atoms with Gasteiger partial charge in [-0.3, -0.25) is 0 Å². The van der Waals surface area contributed by atoms with E-state index in [1.54, 1.807) is 0 Å². The molecule has 0 fully saturated rings. The highest BCUT2D eigenvalue weighted by Gasteiger charge is 2.16. The van der Waals surface area contributed by atoms with E-state index in [0.29, 0.717) is 26.4 Å². The summed E-state index contributed by atoms with van der Waals surface area (Å²) in [4.78, 5) is 0. The van der Waals surface area contributed by atoms with Gasteiger partial charge in [0.2, 0.25) is 0 Å². The molecule has 2 N–H and O–H groups in total. The van der Waals surface area contributed by atoms with Crippen molar-refractivity contribution >= 4 is 0 Å². The molecular weight excluding hydrogens is 584 g/mol. The fourth-order valence-corrected chi connectivity index (χ4v) is 5.36. The third-order valence-corrected chi connectivity index (χ3v) is 8.38. The molecule has 0 aromatic carbocycles. The zero-order valence-electron chi connectivity index (χ0n) is 31.1. The van der Waals surface area contributed by atoms with Crippen LogP contribution in [0.2, 0.25) is 0 Å². The summed E-state index contributed by atoms with van der Waals surface area (Å²) in [6.07, 6.45) is 47.1. The average Bonchev–Trinajstić information content (AvgIpc) is 3.09. The SMILES string of the molecule is CCCCCC=CCC=CCCCCCCCCOCC(CO)OC(CO)COCCCCCCCCC=CCC=CCCCCC. The normalized spacial score (nSPS) is 13.7. The molecule has 5 nitrogen and oxygen atoms in total. The summed E-state index contributed by atoms with van der Waals surface area (Å²) in [6, 6.07) is 0. The molecule has 0 aromatic rings. The van der Waals surface area contributed by atoms with Gasteiger partial charge in [-0.25, -0.2) is 0 Å². The zero-order valence-corrected chi connectivity index (χ0v) is 31.1. The molecule has 0 aromatic heterocycles. The van der Waals surface area contributed by atoms with E-state index in [-0.39, 0.29) is 13.2 Å². The van der Waals surface area contributed by atoms with E-state index < -0.39 is 12.2 Å². The smallest absolute Gasteiger partial charge is 0.104 e. The summed E-state index contributed by atoms with van der Waals surface area (Å²) in [5.41, 5.74) is 0. The van der Waals surface area contributed by atoms with Crippen LogP contribution in [0.25, 0.3) is 0 Å². The van der Waals surface area contributed by atoms with E-state index >= 15 is 0 Å². The summed E-state index contributed by atoms with van der Waals surface area (Å²) in [5.74, 6) is 0. The Morgan fingerprint density at radius 2 is 0.723 bits per heavy atom. The van der Waals surface area contributed by atoms with Crippen molar-refractivity contribution < 1.29 is 24.4 Å². The van der Waals surface area contributed by atoms with Crippen LogP contribution in [0.1, 0.15) is 168 Å². The van der Waals surface area contributed by atoms with Gasteiger partial charge in [-0.1, -0.05) is 140 Å². The highest BCUT2D eigenvalue weighted by molar-refractivity contribution is 4.93. The van der Waals surface area contributed by atoms with E-state index in [0.717, 1.165) is 25.7 Å². The van der Waals surface area contributed by atoms with Crippen LogP contribution < -0.4 is 0 Å². The molecule has 0 aliphatic heterocycles. The third kappa shape index (κ3) is 37.4. The molecule has 276 valence electrons. The van der Waals surface area contributed by atoms with Crippen LogP contribution in [0.3, 0.4) is 0 Å². The molecule has 0 spiro atoms. The van der Waals surface area contributed by atoms with Crippen molar-refractivity contribution in [1.29, 1.82) is 0 Å². The van der Waals surface area contributed by atoms with Crippen LogP contribution in [0, 0.1) is 0 Å². The van der Waals surface area contributed by atoms with Crippen LogP contribution >= 0.6 is 0 Å². The Morgan fingerprint density at radius 1 is 0.404 bits per heavy atom. The zero-order chi connectivity index (χ0) is 34.1. The molecule has 0 rings (SSSR count). The largest absolute Gasteiger partial charge is 0.394 e. The Labute approximate surface area is 292 Å². The maximum absolute atomic E-state index is 9.70. The fraction of sp³-hybridized carbons (Fsp3) is 0.810. The van der Waals surface area contributed by atoms with Gasteiger partial charge in [0, 0.05) is 13.2 Å². The van der Waals surface area contributed by atoms with Crippen LogP contribution in [0.5, 0.6) is 0 Å². The second kappa shape index (κ2) is 40.9. The Bertz CT molecular complexity index is 643. The van der Waals surface area contributed by atoms with Crippen LogP contribution in [0.4, 0.5) is 0 Å². The van der Waals surface area contributed by atoms with E-state index in [1.165, 1.54) is 128 Å². The van der Waals surface area contributed by atoms with Crippen LogP contribution in [-0.4, -0.2) is 62.1 Å². The fourth-order valence-electron chi connectivity index (χ4n) is 5.36. The van der Waals surface area contributed by atoms with Gasteiger partial charge in [0.05, 0.1) is 26.4 Å². The molecule has 2 atom stereocenters. The molecule has 2 unspecified atom stereocenters. The van der Waals surface area contributed by atoms with Gasteiger partial charge in [0.1, 0.15) is 12.2 Å². The van der Waals surface area contributed by atoms with Gasteiger partial charge in [0.25, 0.3) is 0 Å². The summed E-state index contributed by atoms with van der Waals surface area (Å²) >= 11 is 0. The second-order valence-corrected chi connectivity index (χ2v) is 13.1. The highest BCUT2D eigenvalue weighted by Crippen LogP contribution is 2.11. The first-order valence-corrected chi connectivity index (χ1v) is 19.9. The minimum absolute atomic E-state index is 0.119. The maximum Gasteiger partial charge on any atom is 0.104 e. The first-order chi connectivity index (χ1) is 23.3. The predicted molar refractivity (Wildman–Crippen MR) is 203 cm³/mol. The predicted octanol–water partition coefficient (Wildman–Crippen LogP) is 11.4. The number of aliphatic hydroxyl groups excluding tert-OH is 2. The molecule has 0 saturated heterocycles. The summed E-state index contributed by atoms with van der Waals surface area (Å²) < 4.78 is 17.4. The van der Waals surface area contributed by atoms with Gasteiger partial charge in [-0.2, -0.15) is 0 Å². The van der Waals surface area contributed by atoms with E-state index in [9.17, 15) is 10.2 Å². The van der Waals surface area contributed by atoms with Crippen molar-refractivity contribution in [2.75, 3.05) is 39.6 Å². The van der Waals surface area contributed by atoms with Crippen molar-refractivity contribution in [3.63, 3.8) is 0 Å². The molecule has 0 bridgehead atoms. The van der Waals surface area contributed by atoms with Crippen molar-refractivity contribution in [1.82, 2.24) is 0 Å². The lowest BCUT2D eigenvalue weighted by Gasteiger charge is -2.22. The number of rotatable bonds is 38. The Kier molecular flexibility index (Phi) is 39.9. The van der Waals surface area contributed by atoms with Gasteiger partial charge < -0.3 is 24.4 Å². The standard InChI is InChI=1S/C42H78O5/c1-3-5-7-9-11-13-15-17-19-21-23-25-27-29-31-33-35-45-39-41(37-43)47-42(38-44)40-46-36-34-32-30-28-26-24-22-20-18-16-14-12-10-8-6-4-2/h11-14,17-20,41-44H,3-10,15-16,21-40H2,1-2H3. The van der Waals surface area contributed by atoms with Crippen molar-refractivity contribution in [3.05, 3.63) is 48.6 Å². The van der Waals surface area contributed by atoms with E-state index in [2.05, 4.69) is 62.5 Å². The minimum Gasteiger partial charge on any atom is -0.394 e. The van der Waals surface area contributed by atoms with Crippen molar-refractivity contribution in [3.8, 4) is 0 Å². The number of unbranched alkanes of at least 4 members (excludes halogenated alkanes) is 18. The average molecular weight is 663 g/mol. The summed E-state index contributed by atoms with van der Waals surface area (Å²) in [7, 11) is 0. The lowest BCUT2D eigenvalue weighted by molar-refractivity contribution is -0.115. The number of ether oxygens (including phenoxy) is 3. The summed E-state index contributed by atoms with van der Waals surface area (Å²) in [5, 5.41) is 19.4. The summed E-state index contributed by atoms with van der Waals surface area (Å²) in [6.45, 7) is 6.32. The molecule has 0 aliphatic carbocycles. The first kappa shape index (κ1) is 45.8. The van der Waals surface area contributed by atoms with E-state index in [4.69, 9.17) is 14.2 Å². The maximum atomic E-state index is 9.70. The Morgan fingerprint density at radius 3 is 1.06 bits per heavy atom. The van der Waals surface area contributed by atoms with Crippen molar-refractivity contribution in [2.24, 2.45) is 0 Å². The molecule has 0 radical (unpaired) electrons. The molecule has 0 saturated carbocycles. The highest BCUT2D eigenvalue weighted by atomic mass is 16.6. The lowest BCUT2D eigenvalue weighted by atomic mass is 10.1. The number of aliphatic hydroxyl groups is 2. The molecule has 0 aliphatic rings. The van der Waals surface area contributed by atoms with E-state index in [1.807, 2.05) is 0 Å². The second-order valence-electron chi connectivity index (χ2n) is 13.1. The molecule has 47 heavy (non-hydrogen) atoms. The Balaban J connectivity index is 3.58. The molecule has 0 heterocycles. The van der Waals surface area contributed by atoms with Crippen molar-refractivity contribution in [2.45, 2.75) is 180 Å². The number of hydrogen-bond acceptors (Lipinski definition) is 5. The number of hydrogen-bond donors (Lipinski definition) is 2. The van der Waals surface area contributed by atoms with Gasteiger partial charge in [-0.15, -0.1) is 0 Å². The Hall–Kier alpha value is -1.24. The topological polar surface area (TPSA) is 68.2 Å². The van der Waals surface area contributed by atoms with Gasteiger partial charge >= 0.3 is 0 Å². The van der Waals surface area contributed by atoms with Gasteiger partial charge in [0.15, 0.2) is 0 Å². The minimum atomic E-state index is -0.429.